The molecule has 0 saturated carbocycles. The molecular formula is C18H20ClNO4. The van der Waals surface area contributed by atoms with Gasteiger partial charge in [-0.25, -0.2) is 0 Å². The highest BCUT2D eigenvalue weighted by Gasteiger charge is 2.19. The zero-order valence-corrected chi connectivity index (χ0v) is 14.6. The minimum absolute atomic E-state index is 0.118. The number of carbonyl (C=O) groups excluding carboxylic acids is 1. The lowest BCUT2D eigenvalue weighted by atomic mass is 10.0. The van der Waals surface area contributed by atoms with Crippen LogP contribution in [0.1, 0.15) is 12.5 Å². The summed E-state index contributed by atoms with van der Waals surface area (Å²) in [6.07, 6.45) is 1.66. The molecule has 0 saturated heterocycles. The molecule has 0 aliphatic rings. The Morgan fingerprint density at radius 3 is 2.33 bits per heavy atom. The maximum atomic E-state index is 12.0. The van der Waals surface area contributed by atoms with Crippen LogP contribution in [0.3, 0.4) is 0 Å². The molecule has 0 aliphatic carbocycles. The second-order valence-electron chi connectivity index (χ2n) is 5.15. The van der Waals surface area contributed by atoms with Crippen molar-refractivity contribution in [1.29, 1.82) is 0 Å². The lowest BCUT2D eigenvalue weighted by Crippen LogP contribution is -2.26. The number of fused-ring (bicyclic) bond motifs is 1. The van der Waals surface area contributed by atoms with Crippen LogP contribution in [0.15, 0.2) is 29.8 Å². The number of rotatable bonds is 6. The number of nitrogens with one attached hydrogen (secondary N) is 1. The molecule has 1 amide bonds. The third kappa shape index (κ3) is 3.47. The maximum Gasteiger partial charge on any atom is 0.247 e. The van der Waals surface area contributed by atoms with Crippen molar-refractivity contribution < 1.29 is 19.4 Å². The predicted octanol–water partition coefficient (Wildman–Crippen LogP) is 3.02. The van der Waals surface area contributed by atoms with Crippen molar-refractivity contribution in [1.82, 2.24) is 5.32 Å². The third-order valence-electron chi connectivity index (χ3n) is 3.62. The number of hydrogen-bond donors (Lipinski definition) is 2. The van der Waals surface area contributed by atoms with E-state index in [4.69, 9.17) is 26.2 Å². The summed E-state index contributed by atoms with van der Waals surface area (Å²) in [5.41, 5.74) is 1.02. The van der Waals surface area contributed by atoms with Crippen molar-refractivity contribution in [3.8, 4) is 11.5 Å². The van der Waals surface area contributed by atoms with E-state index < -0.39 is 0 Å². The highest BCUT2D eigenvalue weighted by atomic mass is 35.5. The number of ether oxygens (including phenoxy) is 2. The van der Waals surface area contributed by atoms with Gasteiger partial charge in [-0.15, -0.1) is 0 Å². The number of methoxy groups -OCH3 is 2. The van der Waals surface area contributed by atoms with Gasteiger partial charge in [-0.05, 0) is 13.0 Å². The average Bonchev–Trinajstić information content (AvgIpc) is 2.60. The Morgan fingerprint density at radius 1 is 1.21 bits per heavy atom. The molecule has 0 unspecified atom stereocenters. The molecule has 0 aliphatic heterocycles. The number of benzene rings is 2. The molecule has 0 atom stereocenters. The Labute approximate surface area is 145 Å². The van der Waals surface area contributed by atoms with Crippen molar-refractivity contribution in [2.75, 3.05) is 27.4 Å². The van der Waals surface area contributed by atoms with E-state index in [9.17, 15) is 4.79 Å². The van der Waals surface area contributed by atoms with E-state index >= 15 is 0 Å². The second-order valence-corrected chi connectivity index (χ2v) is 5.52. The summed E-state index contributed by atoms with van der Waals surface area (Å²) >= 11 is 6.50. The van der Waals surface area contributed by atoms with Gasteiger partial charge in [0.1, 0.15) is 11.5 Å². The van der Waals surface area contributed by atoms with E-state index in [0.717, 1.165) is 10.8 Å². The zero-order valence-electron chi connectivity index (χ0n) is 13.9. The maximum absolute atomic E-state index is 12.0. The molecule has 0 spiro atoms. The summed E-state index contributed by atoms with van der Waals surface area (Å²) in [5.74, 6) is 0.822. The first-order chi connectivity index (χ1) is 11.5. The van der Waals surface area contributed by atoms with Crippen LogP contribution in [-0.2, 0) is 4.79 Å². The average molecular weight is 350 g/mol. The van der Waals surface area contributed by atoms with E-state index in [1.54, 1.807) is 27.2 Å². The number of carbonyl (C=O) groups is 1. The predicted molar refractivity (Wildman–Crippen MR) is 95.8 cm³/mol. The topological polar surface area (TPSA) is 67.8 Å². The highest BCUT2D eigenvalue weighted by molar-refractivity contribution is 6.35. The fourth-order valence-corrected chi connectivity index (χ4v) is 2.82. The first-order valence-corrected chi connectivity index (χ1v) is 7.82. The molecule has 0 heterocycles. The van der Waals surface area contributed by atoms with Crippen molar-refractivity contribution in [2.45, 2.75) is 6.92 Å². The summed E-state index contributed by atoms with van der Waals surface area (Å²) < 4.78 is 11.0. The molecule has 0 radical (unpaired) electrons. The second kappa shape index (κ2) is 8.04. The van der Waals surface area contributed by atoms with Crippen LogP contribution in [0.4, 0.5) is 0 Å². The summed E-state index contributed by atoms with van der Waals surface area (Å²) in [6.45, 7) is 1.74. The van der Waals surface area contributed by atoms with Gasteiger partial charge in [0.05, 0.1) is 25.8 Å². The fourth-order valence-electron chi connectivity index (χ4n) is 2.50. The summed E-state index contributed by atoms with van der Waals surface area (Å²) in [7, 11) is 3.11. The van der Waals surface area contributed by atoms with Crippen molar-refractivity contribution in [3.63, 3.8) is 0 Å². The number of halogens is 1. The first kappa shape index (κ1) is 18.1. The van der Waals surface area contributed by atoms with Crippen LogP contribution in [-0.4, -0.2) is 38.4 Å². The van der Waals surface area contributed by atoms with Crippen LogP contribution in [0.25, 0.3) is 16.8 Å². The van der Waals surface area contributed by atoms with Gasteiger partial charge in [0.15, 0.2) is 0 Å². The summed E-state index contributed by atoms with van der Waals surface area (Å²) in [4.78, 5) is 12.0. The molecule has 5 nitrogen and oxygen atoms in total. The SMILES string of the molecule is COc1c(Cl)c(C=C(C)C(=O)NCCO)c(OC)c2ccccc12. The van der Waals surface area contributed by atoms with Crippen LogP contribution in [0.2, 0.25) is 5.02 Å². The van der Waals surface area contributed by atoms with Gasteiger partial charge in [0, 0.05) is 28.5 Å². The van der Waals surface area contributed by atoms with Gasteiger partial charge >= 0.3 is 0 Å². The molecule has 6 heteroatoms. The number of aliphatic hydroxyl groups excluding tert-OH is 1. The largest absolute Gasteiger partial charge is 0.495 e. The Kier molecular flexibility index (Phi) is 6.06. The van der Waals surface area contributed by atoms with Crippen molar-refractivity contribution in [3.05, 3.63) is 40.4 Å². The molecule has 2 aromatic rings. The van der Waals surface area contributed by atoms with Gasteiger partial charge in [0.2, 0.25) is 5.91 Å². The molecular weight excluding hydrogens is 330 g/mol. The van der Waals surface area contributed by atoms with Crippen LogP contribution in [0, 0.1) is 0 Å². The van der Waals surface area contributed by atoms with E-state index in [0.29, 0.717) is 27.7 Å². The summed E-state index contributed by atoms with van der Waals surface area (Å²) in [6, 6.07) is 7.60. The van der Waals surface area contributed by atoms with Crippen LogP contribution in [0.5, 0.6) is 11.5 Å². The monoisotopic (exact) mass is 349 g/mol. The first-order valence-electron chi connectivity index (χ1n) is 7.44. The van der Waals surface area contributed by atoms with Crippen molar-refractivity contribution >= 4 is 34.4 Å². The standard InChI is InChI=1S/C18H20ClNO4/c1-11(18(22)20-8-9-21)10-14-15(19)17(24-3)13-7-5-4-6-12(13)16(14)23-2/h4-7,10,21H,8-9H2,1-3H3,(H,20,22). The quantitative estimate of drug-likeness (QED) is 0.787. The van der Waals surface area contributed by atoms with Gasteiger partial charge in [-0.1, -0.05) is 35.9 Å². The number of amides is 1. The fraction of sp³-hybridized carbons (Fsp3) is 0.278. The molecule has 2 aromatic carbocycles. The number of hydrogen-bond acceptors (Lipinski definition) is 4. The Hall–Kier alpha value is -2.24. The molecule has 128 valence electrons. The van der Waals surface area contributed by atoms with Crippen molar-refractivity contribution in [2.24, 2.45) is 0 Å². The molecule has 0 fully saturated rings. The van der Waals surface area contributed by atoms with Gasteiger partial charge in [-0.3, -0.25) is 4.79 Å². The Bertz CT molecular complexity index is 786. The normalized spacial score (nSPS) is 11.5. The van der Waals surface area contributed by atoms with Gasteiger partial charge in [-0.2, -0.15) is 0 Å². The molecule has 0 aromatic heterocycles. The molecule has 2 rings (SSSR count). The van der Waals surface area contributed by atoms with E-state index in [1.165, 1.54) is 0 Å². The smallest absolute Gasteiger partial charge is 0.247 e. The van der Waals surface area contributed by atoms with Crippen LogP contribution >= 0.6 is 11.6 Å². The zero-order chi connectivity index (χ0) is 17.7. The minimum Gasteiger partial charge on any atom is -0.495 e. The highest BCUT2D eigenvalue weighted by Crippen LogP contribution is 2.44. The lowest BCUT2D eigenvalue weighted by molar-refractivity contribution is -0.117. The summed E-state index contributed by atoms with van der Waals surface area (Å²) in [5, 5.41) is 13.5. The van der Waals surface area contributed by atoms with Gasteiger partial charge < -0.3 is 19.9 Å². The minimum atomic E-state index is -0.283. The van der Waals surface area contributed by atoms with E-state index in [-0.39, 0.29) is 19.1 Å². The molecule has 2 N–H and O–H groups in total. The lowest BCUT2D eigenvalue weighted by Gasteiger charge is -2.16. The Balaban J connectivity index is 2.65. The van der Waals surface area contributed by atoms with Gasteiger partial charge in [0.25, 0.3) is 0 Å². The van der Waals surface area contributed by atoms with E-state index in [1.807, 2.05) is 24.3 Å². The third-order valence-corrected chi connectivity index (χ3v) is 4.00. The molecule has 24 heavy (non-hydrogen) atoms. The van der Waals surface area contributed by atoms with Crippen LogP contribution < -0.4 is 14.8 Å². The number of aliphatic hydroxyl groups is 1. The van der Waals surface area contributed by atoms with E-state index in [2.05, 4.69) is 5.32 Å². The molecule has 0 bridgehead atoms. The Morgan fingerprint density at radius 2 is 1.79 bits per heavy atom.